The van der Waals surface area contributed by atoms with Gasteiger partial charge in [0.2, 0.25) is 0 Å². The Hall–Kier alpha value is -1.21. The standard InChI is InChI=1S/C18H23ClFN3S2/c1-13-7-10-25-17(13)12-23(14-5-6-16(20)15(19)11-14)18(24)21-8-4-9-22(2)3/h5-7,10-11H,4,8-9,12H2,1-3H3,(H,21,24). The predicted octanol–water partition coefficient (Wildman–Crippen LogP) is 4.68. The van der Waals surface area contributed by atoms with Crippen LogP contribution in [0.3, 0.4) is 0 Å². The maximum atomic E-state index is 13.5. The minimum atomic E-state index is -0.428. The van der Waals surface area contributed by atoms with Gasteiger partial charge in [0.1, 0.15) is 5.82 Å². The summed E-state index contributed by atoms with van der Waals surface area (Å²) in [5.41, 5.74) is 2.00. The van der Waals surface area contributed by atoms with E-state index in [-0.39, 0.29) is 5.02 Å². The molecule has 0 spiro atoms. The second kappa shape index (κ2) is 9.48. The first-order valence-electron chi connectivity index (χ1n) is 8.06. The number of aryl methyl sites for hydroxylation is 1. The summed E-state index contributed by atoms with van der Waals surface area (Å²) in [5.74, 6) is -0.428. The number of thiocarbonyl (C=S) groups is 1. The third-order valence-electron chi connectivity index (χ3n) is 3.79. The molecule has 1 heterocycles. The van der Waals surface area contributed by atoms with E-state index in [9.17, 15) is 4.39 Å². The Labute approximate surface area is 163 Å². The highest BCUT2D eigenvalue weighted by Crippen LogP contribution is 2.26. The van der Waals surface area contributed by atoms with Crippen molar-refractivity contribution in [2.45, 2.75) is 19.9 Å². The molecule has 1 aromatic heterocycles. The van der Waals surface area contributed by atoms with Crippen LogP contribution in [0.2, 0.25) is 5.02 Å². The number of thiophene rings is 1. The van der Waals surface area contributed by atoms with E-state index >= 15 is 0 Å². The van der Waals surface area contributed by atoms with Crippen molar-refractivity contribution >= 4 is 46.0 Å². The summed E-state index contributed by atoms with van der Waals surface area (Å²) in [7, 11) is 4.09. The molecule has 0 atom stereocenters. The van der Waals surface area contributed by atoms with E-state index in [1.165, 1.54) is 16.5 Å². The third-order valence-corrected chi connectivity index (χ3v) is 5.45. The van der Waals surface area contributed by atoms with Gasteiger partial charge in [-0.1, -0.05) is 11.6 Å². The first-order chi connectivity index (χ1) is 11.9. The van der Waals surface area contributed by atoms with Crippen LogP contribution < -0.4 is 10.2 Å². The molecule has 7 heteroatoms. The second-order valence-corrected chi connectivity index (χ2v) is 7.89. The number of nitrogens with one attached hydrogen (secondary N) is 1. The summed E-state index contributed by atoms with van der Waals surface area (Å²) in [6.07, 6.45) is 0.989. The molecular formula is C18H23ClFN3S2. The third kappa shape index (κ3) is 5.92. The van der Waals surface area contributed by atoms with Crippen LogP contribution in [0.25, 0.3) is 0 Å². The predicted molar refractivity (Wildman–Crippen MR) is 110 cm³/mol. The molecule has 0 aliphatic heterocycles. The number of halogens is 2. The fourth-order valence-electron chi connectivity index (χ4n) is 2.33. The lowest BCUT2D eigenvalue weighted by Gasteiger charge is -2.26. The minimum absolute atomic E-state index is 0.0980. The normalized spacial score (nSPS) is 11.0. The Morgan fingerprint density at radius 2 is 2.08 bits per heavy atom. The number of benzene rings is 1. The highest BCUT2D eigenvalue weighted by atomic mass is 35.5. The van der Waals surface area contributed by atoms with Crippen LogP contribution in [0.1, 0.15) is 16.9 Å². The van der Waals surface area contributed by atoms with Crippen LogP contribution in [0.15, 0.2) is 29.6 Å². The minimum Gasteiger partial charge on any atom is -0.362 e. The van der Waals surface area contributed by atoms with Crippen LogP contribution in [-0.2, 0) is 6.54 Å². The van der Waals surface area contributed by atoms with Crippen molar-refractivity contribution in [1.29, 1.82) is 0 Å². The van der Waals surface area contributed by atoms with E-state index in [1.807, 2.05) is 19.0 Å². The average molecular weight is 400 g/mol. The number of rotatable bonds is 7. The molecule has 25 heavy (non-hydrogen) atoms. The van der Waals surface area contributed by atoms with E-state index in [2.05, 4.69) is 28.6 Å². The molecular weight excluding hydrogens is 377 g/mol. The summed E-state index contributed by atoms with van der Waals surface area (Å²) in [4.78, 5) is 5.32. The topological polar surface area (TPSA) is 18.5 Å². The first-order valence-corrected chi connectivity index (χ1v) is 9.73. The lowest BCUT2D eigenvalue weighted by molar-refractivity contribution is 0.400. The van der Waals surface area contributed by atoms with Crippen molar-refractivity contribution in [3.8, 4) is 0 Å². The molecule has 2 rings (SSSR count). The van der Waals surface area contributed by atoms with E-state index < -0.39 is 5.82 Å². The lowest BCUT2D eigenvalue weighted by atomic mass is 10.2. The van der Waals surface area contributed by atoms with Gasteiger partial charge in [0, 0.05) is 17.1 Å². The van der Waals surface area contributed by atoms with Gasteiger partial charge in [-0.25, -0.2) is 4.39 Å². The molecule has 0 amide bonds. The summed E-state index contributed by atoms with van der Waals surface area (Å²) in [6.45, 7) is 4.48. The molecule has 3 nitrogen and oxygen atoms in total. The summed E-state index contributed by atoms with van der Waals surface area (Å²) in [5, 5.41) is 6.08. The molecule has 136 valence electrons. The van der Waals surface area contributed by atoms with Crippen molar-refractivity contribution in [2.24, 2.45) is 0 Å². The molecule has 2 aromatic rings. The van der Waals surface area contributed by atoms with E-state index in [4.69, 9.17) is 23.8 Å². The first kappa shape index (κ1) is 20.1. The van der Waals surface area contributed by atoms with Crippen LogP contribution >= 0.6 is 35.2 Å². The van der Waals surface area contributed by atoms with Crippen molar-refractivity contribution in [3.63, 3.8) is 0 Å². The second-order valence-electron chi connectivity index (χ2n) is 6.10. The molecule has 0 bridgehead atoms. The molecule has 0 aliphatic rings. The SMILES string of the molecule is Cc1ccsc1CN(C(=S)NCCCN(C)C)c1ccc(F)c(Cl)c1. The van der Waals surface area contributed by atoms with Gasteiger partial charge in [-0.2, -0.15) is 0 Å². The van der Waals surface area contributed by atoms with Crippen LogP contribution in [-0.4, -0.2) is 37.2 Å². The van der Waals surface area contributed by atoms with E-state index in [0.717, 1.165) is 25.2 Å². The molecule has 0 saturated heterocycles. The van der Waals surface area contributed by atoms with Crippen LogP contribution in [0.5, 0.6) is 0 Å². The Balaban J connectivity index is 2.15. The zero-order valence-corrected chi connectivity index (χ0v) is 17.1. The molecule has 0 unspecified atom stereocenters. The molecule has 0 radical (unpaired) electrons. The number of hydrogen-bond donors (Lipinski definition) is 1. The Kier molecular flexibility index (Phi) is 7.62. The van der Waals surface area contributed by atoms with E-state index in [0.29, 0.717) is 11.7 Å². The number of anilines is 1. The van der Waals surface area contributed by atoms with Crippen molar-refractivity contribution in [3.05, 3.63) is 50.9 Å². The molecule has 0 aliphatic carbocycles. The van der Waals surface area contributed by atoms with Gasteiger partial charge in [-0.15, -0.1) is 11.3 Å². The number of nitrogens with zero attached hydrogens (tertiary/aromatic N) is 2. The monoisotopic (exact) mass is 399 g/mol. The Morgan fingerprint density at radius 3 is 2.68 bits per heavy atom. The highest BCUT2D eigenvalue weighted by Gasteiger charge is 2.16. The Morgan fingerprint density at radius 1 is 1.32 bits per heavy atom. The zero-order chi connectivity index (χ0) is 18.4. The van der Waals surface area contributed by atoms with Crippen molar-refractivity contribution in [2.75, 3.05) is 32.1 Å². The van der Waals surface area contributed by atoms with Gasteiger partial charge in [0.15, 0.2) is 5.11 Å². The van der Waals surface area contributed by atoms with Gasteiger partial charge in [0.05, 0.1) is 11.6 Å². The van der Waals surface area contributed by atoms with Gasteiger partial charge in [-0.3, -0.25) is 0 Å². The number of hydrogen-bond acceptors (Lipinski definition) is 3. The quantitative estimate of drug-likeness (QED) is 0.537. The van der Waals surface area contributed by atoms with Gasteiger partial charge >= 0.3 is 0 Å². The van der Waals surface area contributed by atoms with Crippen LogP contribution in [0, 0.1) is 12.7 Å². The van der Waals surface area contributed by atoms with Crippen molar-refractivity contribution < 1.29 is 4.39 Å². The fourth-order valence-corrected chi connectivity index (χ4v) is 3.67. The molecule has 1 aromatic carbocycles. The zero-order valence-electron chi connectivity index (χ0n) is 14.7. The van der Waals surface area contributed by atoms with Crippen molar-refractivity contribution in [1.82, 2.24) is 10.2 Å². The fraction of sp³-hybridized carbons (Fsp3) is 0.389. The highest BCUT2D eigenvalue weighted by molar-refractivity contribution is 7.80. The Bertz CT molecular complexity index is 718. The maximum absolute atomic E-state index is 13.5. The summed E-state index contributed by atoms with van der Waals surface area (Å²) < 4.78 is 13.5. The smallest absolute Gasteiger partial charge is 0.173 e. The summed E-state index contributed by atoms with van der Waals surface area (Å²) >= 11 is 13.3. The largest absolute Gasteiger partial charge is 0.362 e. The average Bonchev–Trinajstić information content (AvgIpc) is 2.96. The lowest BCUT2D eigenvalue weighted by Crippen LogP contribution is -2.40. The molecule has 0 saturated carbocycles. The van der Waals surface area contributed by atoms with Gasteiger partial charge in [-0.05, 0) is 81.4 Å². The summed E-state index contributed by atoms with van der Waals surface area (Å²) in [6, 6.07) is 6.79. The van der Waals surface area contributed by atoms with Gasteiger partial charge < -0.3 is 15.1 Å². The van der Waals surface area contributed by atoms with E-state index in [1.54, 1.807) is 23.5 Å². The van der Waals surface area contributed by atoms with Gasteiger partial charge in [0.25, 0.3) is 0 Å². The maximum Gasteiger partial charge on any atom is 0.173 e. The van der Waals surface area contributed by atoms with Crippen LogP contribution in [0.4, 0.5) is 10.1 Å². The molecule has 1 N–H and O–H groups in total. The molecule has 0 fully saturated rings.